The number of ether oxygens (including phenoxy) is 1. The molecule has 0 saturated carbocycles. The number of aromatic nitrogens is 1. The maximum atomic E-state index is 12.0. The highest BCUT2D eigenvalue weighted by atomic mass is 16.5. The summed E-state index contributed by atoms with van der Waals surface area (Å²) < 4.78 is 4.87. The Labute approximate surface area is 135 Å². The zero-order valence-corrected chi connectivity index (χ0v) is 13.5. The normalized spacial score (nSPS) is 11.0. The van der Waals surface area contributed by atoms with Crippen molar-refractivity contribution in [2.75, 3.05) is 7.11 Å². The molecule has 0 bridgehead atoms. The molecule has 0 radical (unpaired) electrons. The standard InChI is InChI=1S/C20H19NO2/c1-13(2)15-10-7-11-16-17(14-8-5-4-6-9-14)12-18(20(22)23-3)21-19(15)16/h4-13H,1-3H3. The van der Waals surface area contributed by atoms with Crippen molar-refractivity contribution in [2.45, 2.75) is 19.8 Å². The largest absolute Gasteiger partial charge is 0.464 e. The summed E-state index contributed by atoms with van der Waals surface area (Å²) in [5.41, 5.74) is 4.39. The molecule has 23 heavy (non-hydrogen) atoms. The highest BCUT2D eigenvalue weighted by Crippen LogP contribution is 2.32. The lowest BCUT2D eigenvalue weighted by Crippen LogP contribution is -2.06. The van der Waals surface area contributed by atoms with Gasteiger partial charge >= 0.3 is 5.97 Å². The van der Waals surface area contributed by atoms with E-state index in [1.807, 2.05) is 42.5 Å². The summed E-state index contributed by atoms with van der Waals surface area (Å²) in [5, 5.41) is 1.05. The lowest BCUT2D eigenvalue weighted by molar-refractivity contribution is 0.0594. The molecule has 116 valence electrons. The summed E-state index contributed by atoms with van der Waals surface area (Å²) in [6, 6.07) is 18.0. The second-order valence-corrected chi connectivity index (χ2v) is 5.81. The van der Waals surface area contributed by atoms with Gasteiger partial charge in [-0.1, -0.05) is 62.4 Å². The minimum absolute atomic E-state index is 0.322. The van der Waals surface area contributed by atoms with E-state index in [1.54, 1.807) is 0 Å². The van der Waals surface area contributed by atoms with Gasteiger partial charge in [0.15, 0.2) is 0 Å². The molecule has 1 heterocycles. The SMILES string of the molecule is COC(=O)c1cc(-c2ccccc2)c2cccc(C(C)C)c2n1. The molecule has 3 aromatic rings. The zero-order chi connectivity index (χ0) is 16.4. The van der Waals surface area contributed by atoms with Gasteiger partial charge in [-0.05, 0) is 28.7 Å². The molecule has 0 fully saturated rings. The number of methoxy groups -OCH3 is 1. The number of rotatable bonds is 3. The van der Waals surface area contributed by atoms with Crippen molar-refractivity contribution in [1.29, 1.82) is 0 Å². The second kappa shape index (κ2) is 6.21. The van der Waals surface area contributed by atoms with Gasteiger partial charge < -0.3 is 4.74 Å². The van der Waals surface area contributed by atoms with Crippen LogP contribution >= 0.6 is 0 Å². The Morgan fingerprint density at radius 3 is 2.43 bits per heavy atom. The number of carbonyl (C=O) groups is 1. The van der Waals surface area contributed by atoms with Crippen LogP contribution in [0.3, 0.4) is 0 Å². The molecule has 0 aliphatic carbocycles. The van der Waals surface area contributed by atoms with Crippen molar-refractivity contribution >= 4 is 16.9 Å². The van der Waals surface area contributed by atoms with Crippen LogP contribution < -0.4 is 0 Å². The van der Waals surface area contributed by atoms with Gasteiger partial charge in [0.05, 0.1) is 12.6 Å². The maximum absolute atomic E-state index is 12.0. The van der Waals surface area contributed by atoms with Gasteiger partial charge in [0, 0.05) is 5.39 Å². The van der Waals surface area contributed by atoms with Gasteiger partial charge in [-0.2, -0.15) is 0 Å². The van der Waals surface area contributed by atoms with Crippen LogP contribution in [0.5, 0.6) is 0 Å². The van der Waals surface area contributed by atoms with Crippen LogP contribution in [0.4, 0.5) is 0 Å². The minimum Gasteiger partial charge on any atom is -0.464 e. The molecule has 0 aliphatic rings. The Morgan fingerprint density at radius 2 is 1.78 bits per heavy atom. The molecule has 3 heteroatoms. The summed E-state index contributed by atoms with van der Waals surface area (Å²) >= 11 is 0. The Morgan fingerprint density at radius 1 is 1.04 bits per heavy atom. The first-order valence-corrected chi connectivity index (χ1v) is 7.69. The van der Waals surface area contributed by atoms with Crippen molar-refractivity contribution in [3.8, 4) is 11.1 Å². The summed E-state index contributed by atoms with van der Waals surface area (Å²) in [5.74, 6) is -0.0923. The molecule has 0 aliphatic heterocycles. The minimum atomic E-state index is -0.414. The smallest absolute Gasteiger partial charge is 0.356 e. The number of esters is 1. The second-order valence-electron chi connectivity index (χ2n) is 5.81. The van der Waals surface area contributed by atoms with Crippen LogP contribution in [0, 0.1) is 0 Å². The average molecular weight is 305 g/mol. The first kappa shape index (κ1) is 15.2. The van der Waals surface area contributed by atoms with Gasteiger partial charge in [0.25, 0.3) is 0 Å². The van der Waals surface area contributed by atoms with Crippen LogP contribution in [-0.4, -0.2) is 18.1 Å². The average Bonchev–Trinajstić information content (AvgIpc) is 2.60. The van der Waals surface area contributed by atoms with Crippen molar-refractivity contribution < 1.29 is 9.53 Å². The Hall–Kier alpha value is -2.68. The van der Waals surface area contributed by atoms with Crippen molar-refractivity contribution in [3.63, 3.8) is 0 Å². The predicted octanol–water partition coefficient (Wildman–Crippen LogP) is 4.81. The fraction of sp³-hybridized carbons (Fsp3) is 0.200. The van der Waals surface area contributed by atoms with Crippen molar-refractivity contribution in [2.24, 2.45) is 0 Å². The van der Waals surface area contributed by atoms with Gasteiger partial charge in [0.2, 0.25) is 0 Å². The third-order valence-electron chi connectivity index (χ3n) is 3.97. The third kappa shape index (κ3) is 2.82. The van der Waals surface area contributed by atoms with Crippen LogP contribution in [0.1, 0.15) is 35.8 Å². The first-order chi connectivity index (χ1) is 11.1. The van der Waals surface area contributed by atoms with Gasteiger partial charge in [-0.15, -0.1) is 0 Å². The Bertz CT molecular complexity index is 854. The van der Waals surface area contributed by atoms with E-state index >= 15 is 0 Å². The van der Waals surface area contributed by atoms with E-state index in [2.05, 4.69) is 31.0 Å². The van der Waals surface area contributed by atoms with E-state index in [1.165, 1.54) is 7.11 Å². The zero-order valence-electron chi connectivity index (χ0n) is 13.5. The number of benzene rings is 2. The van der Waals surface area contributed by atoms with Gasteiger partial charge in [-0.25, -0.2) is 9.78 Å². The fourth-order valence-corrected chi connectivity index (χ4v) is 2.80. The van der Waals surface area contributed by atoms with E-state index in [9.17, 15) is 4.79 Å². The van der Waals surface area contributed by atoms with E-state index in [-0.39, 0.29) is 0 Å². The summed E-state index contributed by atoms with van der Waals surface area (Å²) in [4.78, 5) is 16.6. The van der Waals surface area contributed by atoms with Crippen molar-refractivity contribution in [1.82, 2.24) is 4.98 Å². The quantitative estimate of drug-likeness (QED) is 0.652. The van der Waals surface area contributed by atoms with Crippen molar-refractivity contribution in [3.05, 3.63) is 65.9 Å². The van der Waals surface area contributed by atoms with Crippen LogP contribution in [0.2, 0.25) is 0 Å². The summed E-state index contributed by atoms with van der Waals surface area (Å²) in [6.45, 7) is 4.26. The molecule has 0 N–H and O–H groups in total. The fourth-order valence-electron chi connectivity index (χ4n) is 2.80. The number of para-hydroxylation sites is 1. The number of carbonyl (C=O) groups excluding carboxylic acids is 1. The third-order valence-corrected chi connectivity index (χ3v) is 3.97. The summed E-state index contributed by atoms with van der Waals surface area (Å²) in [7, 11) is 1.38. The number of hydrogen-bond donors (Lipinski definition) is 0. The number of hydrogen-bond acceptors (Lipinski definition) is 3. The number of fused-ring (bicyclic) bond motifs is 1. The Balaban J connectivity index is 2.38. The first-order valence-electron chi connectivity index (χ1n) is 7.69. The van der Waals surface area contributed by atoms with Crippen LogP contribution in [-0.2, 0) is 4.74 Å². The molecule has 0 spiro atoms. The Kier molecular flexibility index (Phi) is 4.11. The summed E-state index contributed by atoms with van der Waals surface area (Å²) in [6.07, 6.45) is 0. The molecule has 0 saturated heterocycles. The predicted molar refractivity (Wildman–Crippen MR) is 92.6 cm³/mol. The highest BCUT2D eigenvalue weighted by molar-refractivity contribution is 6.00. The lowest BCUT2D eigenvalue weighted by Gasteiger charge is -2.14. The molecule has 2 aromatic carbocycles. The van der Waals surface area contributed by atoms with E-state index in [0.717, 1.165) is 27.6 Å². The molecule has 0 amide bonds. The van der Waals surface area contributed by atoms with Gasteiger partial charge in [-0.3, -0.25) is 0 Å². The van der Waals surface area contributed by atoms with E-state index < -0.39 is 5.97 Å². The number of pyridine rings is 1. The highest BCUT2D eigenvalue weighted by Gasteiger charge is 2.16. The van der Waals surface area contributed by atoms with Gasteiger partial charge in [0.1, 0.15) is 5.69 Å². The molecule has 0 unspecified atom stereocenters. The van der Waals surface area contributed by atoms with Crippen LogP contribution in [0.15, 0.2) is 54.6 Å². The van der Waals surface area contributed by atoms with E-state index in [4.69, 9.17) is 4.74 Å². The topological polar surface area (TPSA) is 39.2 Å². The maximum Gasteiger partial charge on any atom is 0.356 e. The van der Waals surface area contributed by atoms with E-state index in [0.29, 0.717) is 11.6 Å². The molecular formula is C20H19NO2. The lowest BCUT2D eigenvalue weighted by atomic mass is 9.94. The molecular weight excluding hydrogens is 286 g/mol. The molecule has 0 atom stereocenters. The number of nitrogens with zero attached hydrogens (tertiary/aromatic N) is 1. The molecule has 1 aromatic heterocycles. The van der Waals surface area contributed by atoms with Crippen LogP contribution in [0.25, 0.3) is 22.0 Å². The molecule has 3 rings (SSSR count). The molecule has 3 nitrogen and oxygen atoms in total. The monoisotopic (exact) mass is 305 g/mol.